The van der Waals surface area contributed by atoms with Gasteiger partial charge in [0.15, 0.2) is 0 Å². The Morgan fingerprint density at radius 1 is 1.05 bits per heavy atom. The first-order chi connectivity index (χ1) is 9.63. The van der Waals surface area contributed by atoms with Gasteiger partial charge in [0, 0.05) is 0 Å². The predicted octanol–water partition coefficient (Wildman–Crippen LogP) is 4.05. The summed E-state index contributed by atoms with van der Waals surface area (Å²) in [7, 11) is 1.64. The van der Waals surface area contributed by atoms with Crippen molar-refractivity contribution in [2.24, 2.45) is 5.92 Å². The van der Waals surface area contributed by atoms with Gasteiger partial charge in [0.1, 0.15) is 5.75 Å². The molecule has 2 rings (SSSR count). The van der Waals surface area contributed by atoms with E-state index in [1.807, 2.05) is 18.2 Å². The van der Waals surface area contributed by atoms with Crippen LogP contribution in [0.15, 0.2) is 42.5 Å². The van der Waals surface area contributed by atoms with Crippen LogP contribution < -0.4 is 4.74 Å². The quantitative estimate of drug-likeness (QED) is 0.888. The summed E-state index contributed by atoms with van der Waals surface area (Å²) in [5.41, 5.74) is 4.43. The lowest BCUT2D eigenvalue weighted by Crippen LogP contribution is -1.95. The van der Waals surface area contributed by atoms with Crippen molar-refractivity contribution in [1.82, 2.24) is 0 Å². The van der Waals surface area contributed by atoms with E-state index < -0.39 is 0 Å². The Morgan fingerprint density at radius 3 is 2.30 bits per heavy atom. The molecule has 0 saturated carbocycles. The molecule has 0 unspecified atom stereocenters. The van der Waals surface area contributed by atoms with E-state index in [1.54, 1.807) is 7.11 Å². The highest BCUT2D eigenvalue weighted by Crippen LogP contribution is 2.28. The van der Waals surface area contributed by atoms with Gasteiger partial charge in [-0.3, -0.25) is 0 Å². The van der Waals surface area contributed by atoms with Crippen molar-refractivity contribution in [2.75, 3.05) is 7.11 Å². The van der Waals surface area contributed by atoms with Crippen LogP contribution in [0.4, 0.5) is 0 Å². The minimum Gasteiger partial charge on any atom is -0.497 e. The third kappa shape index (κ3) is 3.40. The first-order valence-corrected chi connectivity index (χ1v) is 7.01. The Kier molecular flexibility index (Phi) is 4.80. The van der Waals surface area contributed by atoms with Crippen molar-refractivity contribution in [2.45, 2.75) is 26.9 Å². The molecule has 0 fully saturated rings. The zero-order valence-electron chi connectivity index (χ0n) is 12.4. The largest absolute Gasteiger partial charge is 0.497 e. The first-order valence-electron chi connectivity index (χ1n) is 7.01. The number of aliphatic hydroxyl groups excluding tert-OH is 1. The molecule has 0 spiro atoms. The Balaban J connectivity index is 2.31. The normalized spacial score (nSPS) is 10.8. The second-order valence-corrected chi connectivity index (χ2v) is 5.48. The van der Waals surface area contributed by atoms with Crippen LogP contribution >= 0.6 is 0 Å². The molecule has 20 heavy (non-hydrogen) atoms. The lowest BCUT2D eigenvalue weighted by molar-refractivity contribution is 0.281. The van der Waals surface area contributed by atoms with E-state index in [9.17, 15) is 5.11 Å². The summed E-state index contributed by atoms with van der Waals surface area (Å²) in [4.78, 5) is 0. The summed E-state index contributed by atoms with van der Waals surface area (Å²) in [5.74, 6) is 1.43. The van der Waals surface area contributed by atoms with Gasteiger partial charge in [-0.05, 0) is 46.7 Å². The number of rotatable bonds is 5. The number of hydrogen-bond donors (Lipinski definition) is 1. The van der Waals surface area contributed by atoms with E-state index in [0.717, 1.165) is 28.9 Å². The Labute approximate surface area is 121 Å². The topological polar surface area (TPSA) is 29.5 Å². The maximum absolute atomic E-state index is 9.52. The molecule has 0 heterocycles. The molecular weight excluding hydrogens is 248 g/mol. The molecule has 0 aliphatic rings. The Hall–Kier alpha value is -1.80. The molecule has 2 nitrogen and oxygen atoms in total. The molecule has 2 aromatic carbocycles. The van der Waals surface area contributed by atoms with E-state index in [0.29, 0.717) is 5.92 Å². The van der Waals surface area contributed by atoms with Crippen molar-refractivity contribution < 1.29 is 9.84 Å². The molecular formula is C18H22O2. The lowest BCUT2D eigenvalue weighted by Gasteiger charge is -2.11. The van der Waals surface area contributed by atoms with Gasteiger partial charge in [0.2, 0.25) is 0 Å². The highest BCUT2D eigenvalue weighted by molar-refractivity contribution is 5.68. The van der Waals surface area contributed by atoms with Crippen LogP contribution in [-0.4, -0.2) is 12.2 Å². The van der Waals surface area contributed by atoms with Crippen LogP contribution in [0.25, 0.3) is 11.1 Å². The van der Waals surface area contributed by atoms with Crippen LogP contribution in [0.2, 0.25) is 0 Å². The Bertz CT molecular complexity index is 556. The number of ether oxygens (including phenoxy) is 1. The first kappa shape index (κ1) is 14.6. The zero-order chi connectivity index (χ0) is 14.5. The van der Waals surface area contributed by atoms with Crippen molar-refractivity contribution >= 4 is 0 Å². The third-order valence-electron chi connectivity index (χ3n) is 3.39. The molecule has 0 radical (unpaired) electrons. The summed E-state index contributed by atoms with van der Waals surface area (Å²) >= 11 is 0. The van der Waals surface area contributed by atoms with Crippen molar-refractivity contribution in [3.8, 4) is 16.9 Å². The molecule has 2 aromatic rings. The summed E-state index contributed by atoms with van der Waals surface area (Å²) < 4.78 is 5.20. The number of aliphatic hydroxyl groups is 1. The van der Waals surface area contributed by atoms with E-state index >= 15 is 0 Å². The fourth-order valence-corrected chi connectivity index (χ4v) is 2.40. The van der Waals surface area contributed by atoms with Gasteiger partial charge in [-0.1, -0.05) is 44.2 Å². The molecule has 1 N–H and O–H groups in total. The van der Waals surface area contributed by atoms with Crippen LogP contribution in [0.3, 0.4) is 0 Å². The van der Waals surface area contributed by atoms with Gasteiger partial charge in [0.25, 0.3) is 0 Å². The fourth-order valence-electron chi connectivity index (χ4n) is 2.40. The van der Waals surface area contributed by atoms with Gasteiger partial charge in [-0.2, -0.15) is 0 Å². The zero-order valence-corrected chi connectivity index (χ0v) is 12.4. The molecule has 0 aliphatic heterocycles. The minimum atomic E-state index is 0.0142. The fraction of sp³-hybridized carbons (Fsp3) is 0.333. The van der Waals surface area contributed by atoms with Gasteiger partial charge in [-0.15, -0.1) is 0 Å². The summed E-state index contributed by atoms with van der Waals surface area (Å²) in [6.07, 6.45) is 1.09. The predicted molar refractivity (Wildman–Crippen MR) is 82.9 cm³/mol. The van der Waals surface area contributed by atoms with E-state index in [1.165, 1.54) is 5.56 Å². The van der Waals surface area contributed by atoms with Crippen LogP contribution in [0.5, 0.6) is 5.75 Å². The molecule has 2 heteroatoms. The van der Waals surface area contributed by atoms with Crippen LogP contribution in [0, 0.1) is 5.92 Å². The Morgan fingerprint density at radius 2 is 1.75 bits per heavy atom. The average Bonchev–Trinajstić information content (AvgIpc) is 2.47. The molecule has 0 bridgehead atoms. The van der Waals surface area contributed by atoms with Crippen molar-refractivity contribution in [1.29, 1.82) is 0 Å². The number of benzene rings is 2. The molecule has 0 saturated heterocycles. The van der Waals surface area contributed by atoms with Crippen LogP contribution in [0.1, 0.15) is 25.0 Å². The maximum Gasteiger partial charge on any atom is 0.119 e. The van der Waals surface area contributed by atoms with Gasteiger partial charge in [0.05, 0.1) is 13.7 Å². The summed E-state index contributed by atoms with van der Waals surface area (Å²) in [5, 5.41) is 9.52. The number of hydrogen-bond acceptors (Lipinski definition) is 2. The molecule has 0 aliphatic carbocycles. The summed E-state index contributed by atoms with van der Waals surface area (Å²) in [6.45, 7) is 4.46. The van der Waals surface area contributed by atoms with Crippen molar-refractivity contribution in [3.05, 3.63) is 53.6 Å². The highest BCUT2D eigenvalue weighted by Gasteiger charge is 2.06. The standard InChI is InChI=1S/C18H22O2/c1-13(2)10-14-4-6-15(7-5-14)18-9-8-17(20-3)11-16(18)12-19/h4-9,11,13,19H,10,12H2,1-3H3. The van der Waals surface area contributed by atoms with Gasteiger partial charge in [-0.25, -0.2) is 0 Å². The molecule has 0 atom stereocenters. The van der Waals surface area contributed by atoms with Gasteiger partial charge >= 0.3 is 0 Å². The van der Waals surface area contributed by atoms with E-state index in [2.05, 4.69) is 38.1 Å². The molecule has 106 valence electrons. The minimum absolute atomic E-state index is 0.0142. The SMILES string of the molecule is COc1ccc(-c2ccc(CC(C)C)cc2)c(CO)c1. The second-order valence-electron chi connectivity index (χ2n) is 5.48. The van der Waals surface area contributed by atoms with Gasteiger partial charge < -0.3 is 9.84 Å². The monoisotopic (exact) mass is 270 g/mol. The maximum atomic E-state index is 9.52. The third-order valence-corrected chi connectivity index (χ3v) is 3.39. The average molecular weight is 270 g/mol. The molecule has 0 amide bonds. The lowest BCUT2D eigenvalue weighted by atomic mass is 9.96. The second kappa shape index (κ2) is 6.58. The highest BCUT2D eigenvalue weighted by atomic mass is 16.5. The van der Waals surface area contributed by atoms with Crippen LogP contribution in [-0.2, 0) is 13.0 Å². The van der Waals surface area contributed by atoms with E-state index in [-0.39, 0.29) is 6.61 Å². The van der Waals surface area contributed by atoms with E-state index in [4.69, 9.17) is 4.74 Å². The van der Waals surface area contributed by atoms with Crippen molar-refractivity contribution in [3.63, 3.8) is 0 Å². The number of methoxy groups -OCH3 is 1. The molecule has 0 aromatic heterocycles. The summed E-state index contributed by atoms with van der Waals surface area (Å²) in [6, 6.07) is 14.4. The smallest absolute Gasteiger partial charge is 0.119 e.